The summed E-state index contributed by atoms with van der Waals surface area (Å²) in [6.07, 6.45) is 2.62. The van der Waals surface area contributed by atoms with Crippen LogP contribution in [0.5, 0.6) is 0 Å². The largest absolute Gasteiger partial charge is 0.367 e. The fourth-order valence-corrected chi connectivity index (χ4v) is 6.06. The fraction of sp³-hybridized carbons (Fsp3) is 0.455. The molecular weight excluding hydrogens is 324 g/mol. The first-order valence-corrected chi connectivity index (χ1v) is 10.6. The minimum Gasteiger partial charge on any atom is -0.367 e. The topological polar surface area (TPSA) is 6.48 Å². The predicted octanol–water partition coefficient (Wildman–Crippen LogP) is 4.67. The van der Waals surface area contributed by atoms with Crippen LogP contribution in [0.25, 0.3) is 0 Å². The van der Waals surface area contributed by atoms with E-state index < -0.39 is 0 Å². The minimum atomic E-state index is 0.687. The summed E-state index contributed by atoms with van der Waals surface area (Å²) in [6.45, 7) is 6.96. The summed E-state index contributed by atoms with van der Waals surface area (Å²) in [7, 11) is 0. The number of benzene rings is 2. The molecule has 1 fully saturated rings. The number of fused-ring (bicyclic) bond motifs is 3. The quantitative estimate of drug-likeness (QED) is 0.777. The summed E-state index contributed by atoms with van der Waals surface area (Å²) >= 11 is 2.06. The molecule has 25 heavy (non-hydrogen) atoms. The van der Waals surface area contributed by atoms with E-state index in [1.165, 1.54) is 54.3 Å². The van der Waals surface area contributed by atoms with E-state index in [0.29, 0.717) is 5.92 Å². The first-order chi connectivity index (χ1) is 12.3. The highest BCUT2D eigenvalue weighted by Crippen LogP contribution is 2.50. The Bertz CT molecular complexity index is 787. The molecule has 5 rings (SSSR count). The molecule has 2 aromatic carbocycles. The van der Waals surface area contributed by atoms with Gasteiger partial charge in [-0.25, -0.2) is 0 Å². The number of para-hydroxylation sites is 1. The van der Waals surface area contributed by atoms with Crippen LogP contribution in [0.4, 0.5) is 5.69 Å². The Morgan fingerprint density at radius 2 is 2.04 bits per heavy atom. The SMILES string of the molecule is Cc1cccc(CN2CCC3C(C2)c2cccc4c2N3CCCS4)c1. The molecule has 0 aromatic heterocycles. The van der Waals surface area contributed by atoms with Crippen LogP contribution >= 0.6 is 11.8 Å². The number of likely N-dealkylation sites (tertiary alicyclic amines) is 1. The maximum atomic E-state index is 2.76. The molecule has 2 atom stereocenters. The van der Waals surface area contributed by atoms with Crippen LogP contribution in [0.1, 0.15) is 35.4 Å². The highest BCUT2D eigenvalue weighted by atomic mass is 32.2. The smallest absolute Gasteiger partial charge is 0.0543 e. The maximum absolute atomic E-state index is 2.76. The average Bonchev–Trinajstić information content (AvgIpc) is 2.77. The molecule has 2 unspecified atom stereocenters. The second kappa shape index (κ2) is 6.37. The molecule has 0 N–H and O–H groups in total. The van der Waals surface area contributed by atoms with Crippen LogP contribution < -0.4 is 4.90 Å². The number of piperidine rings is 1. The van der Waals surface area contributed by atoms with Gasteiger partial charge in [0.1, 0.15) is 0 Å². The van der Waals surface area contributed by atoms with Crippen LogP contribution in [-0.2, 0) is 6.54 Å². The number of nitrogens with zero attached hydrogens (tertiary/aromatic N) is 2. The molecule has 0 bridgehead atoms. The van der Waals surface area contributed by atoms with Crippen LogP contribution in [-0.4, -0.2) is 36.3 Å². The number of aryl methyl sites for hydroxylation is 1. The molecule has 3 aliphatic rings. The summed E-state index contributed by atoms with van der Waals surface area (Å²) in [5.41, 5.74) is 6.02. The third-order valence-corrected chi connectivity index (χ3v) is 7.20. The minimum absolute atomic E-state index is 0.687. The van der Waals surface area contributed by atoms with Gasteiger partial charge in [-0.15, -0.1) is 11.8 Å². The van der Waals surface area contributed by atoms with Crippen molar-refractivity contribution in [3.05, 3.63) is 59.2 Å². The van der Waals surface area contributed by atoms with Crippen molar-refractivity contribution in [2.24, 2.45) is 0 Å². The van der Waals surface area contributed by atoms with Crippen LogP contribution in [0.2, 0.25) is 0 Å². The van der Waals surface area contributed by atoms with E-state index in [1.54, 1.807) is 11.3 Å². The van der Waals surface area contributed by atoms with Crippen molar-refractivity contribution in [2.75, 3.05) is 30.3 Å². The lowest BCUT2D eigenvalue weighted by atomic mass is 9.89. The van der Waals surface area contributed by atoms with Crippen molar-refractivity contribution in [3.8, 4) is 0 Å². The Balaban J connectivity index is 1.42. The van der Waals surface area contributed by atoms with Crippen LogP contribution in [0, 0.1) is 6.92 Å². The van der Waals surface area contributed by atoms with E-state index in [1.807, 2.05) is 0 Å². The lowest BCUT2D eigenvalue weighted by molar-refractivity contribution is 0.186. The molecule has 2 aromatic rings. The van der Waals surface area contributed by atoms with Crippen LogP contribution in [0.15, 0.2) is 47.4 Å². The van der Waals surface area contributed by atoms with Gasteiger partial charge in [0.15, 0.2) is 0 Å². The highest BCUT2D eigenvalue weighted by molar-refractivity contribution is 7.99. The Kier molecular flexibility index (Phi) is 4.02. The Labute approximate surface area is 155 Å². The van der Waals surface area contributed by atoms with Crippen LogP contribution in [0.3, 0.4) is 0 Å². The summed E-state index contributed by atoms with van der Waals surface area (Å²) in [5.74, 6) is 1.95. The Morgan fingerprint density at radius 1 is 1.12 bits per heavy atom. The molecule has 3 aliphatic heterocycles. The van der Waals surface area contributed by atoms with E-state index in [9.17, 15) is 0 Å². The lowest BCUT2D eigenvalue weighted by Gasteiger charge is -2.39. The summed E-state index contributed by atoms with van der Waals surface area (Å²) in [5, 5.41) is 0. The van der Waals surface area contributed by atoms with Gasteiger partial charge in [0, 0.05) is 43.0 Å². The summed E-state index contributed by atoms with van der Waals surface area (Å²) in [4.78, 5) is 6.96. The van der Waals surface area contributed by atoms with Gasteiger partial charge in [0.25, 0.3) is 0 Å². The zero-order chi connectivity index (χ0) is 16.8. The Hall–Kier alpha value is -1.45. The number of anilines is 1. The van der Waals surface area contributed by atoms with E-state index in [4.69, 9.17) is 0 Å². The lowest BCUT2D eigenvalue weighted by Crippen LogP contribution is -2.46. The van der Waals surface area contributed by atoms with E-state index in [-0.39, 0.29) is 0 Å². The van der Waals surface area contributed by atoms with Crippen molar-refractivity contribution in [3.63, 3.8) is 0 Å². The predicted molar refractivity (Wildman–Crippen MR) is 107 cm³/mol. The van der Waals surface area contributed by atoms with Gasteiger partial charge in [0.2, 0.25) is 0 Å². The van der Waals surface area contributed by atoms with E-state index in [2.05, 4.69) is 71.0 Å². The van der Waals surface area contributed by atoms with Gasteiger partial charge in [-0.2, -0.15) is 0 Å². The molecule has 0 amide bonds. The normalized spacial score (nSPS) is 25.4. The van der Waals surface area contributed by atoms with Gasteiger partial charge < -0.3 is 4.90 Å². The molecule has 0 aliphatic carbocycles. The molecule has 0 radical (unpaired) electrons. The van der Waals surface area contributed by atoms with Crippen molar-refractivity contribution < 1.29 is 0 Å². The van der Waals surface area contributed by atoms with Gasteiger partial charge in [-0.1, -0.05) is 42.0 Å². The molecule has 130 valence electrons. The zero-order valence-electron chi connectivity index (χ0n) is 14.9. The molecule has 3 heteroatoms. The monoisotopic (exact) mass is 350 g/mol. The number of hydrogen-bond acceptors (Lipinski definition) is 3. The first kappa shape index (κ1) is 15.8. The molecular formula is C22H26N2S. The van der Waals surface area contributed by atoms with Gasteiger partial charge >= 0.3 is 0 Å². The van der Waals surface area contributed by atoms with Gasteiger partial charge in [-0.3, -0.25) is 4.90 Å². The third-order valence-electron chi connectivity index (χ3n) is 6.07. The third kappa shape index (κ3) is 2.78. The van der Waals surface area contributed by atoms with E-state index >= 15 is 0 Å². The molecule has 3 heterocycles. The van der Waals surface area contributed by atoms with Crippen molar-refractivity contribution >= 4 is 17.4 Å². The number of rotatable bonds is 2. The summed E-state index contributed by atoms with van der Waals surface area (Å²) < 4.78 is 0. The first-order valence-electron chi connectivity index (χ1n) is 9.60. The highest BCUT2D eigenvalue weighted by Gasteiger charge is 2.43. The second-order valence-electron chi connectivity index (χ2n) is 7.78. The number of hydrogen-bond donors (Lipinski definition) is 0. The average molecular weight is 351 g/mol. The molecule has 1 saturated heterocycles. The fourth-order valence-electron chi connectivity index (χ4n) is 5.02. The van der Waals surface area contributed by atoms with Gasteiger partial charge in [-0.05, 0) is 42.7 Å². The van der Waals surface area contributed by atoms with E-state index in [0.717, 1.165) is 12.6 Å². The van der Waals surface area contributed by atoms with Crippen molar-refractivity contribution in [1.29, 1.82) is 0 Å². The maximum Gasteiger partial charge on any atom is 0.0543 e. The van der Waals surface area contributed by atoms with Crippen molar-refractivity contribution in [1.82, 2.24) is 4.90 Å². The molecule has 2 nitrogen and oxygen atoms in total. The second-order valence-corrected chi connectivity index (χ2v) is 8.91. The van der Waals surface area contributed by atoms with Gasteiger partial charge in [0.05, 0.1) is 5.69 Å². The Morgan fingerprint density at radius 3 is 2.96 bits per heavy atom. The zero-order valence-corrected chi connectivity index (χ0v) is 15.8. The van der Waals surface area contributed by atoms with Crippen molar-refractivity contribution in [2.45, 2.75) is 43.2 Å². The number of thioether (sulfide) groups is 1. The molecule has 0 spiro atoms. The molecule has 0 saturated carbocycles. The summed E-state index contributed by atoms with van der Waals surface area (Å²) in [6, 6.07) is 16.8. The standard InChI is InChI=1S/C22H26N2S/c1-16-5-2-6-17(13-16)14-23-11-9-20-19(15-23)18-7-3-8-21-22(18)24(20)10-4-12-25-21/h2-3,5-8,13,19-20H,4,9-12,14-15H2,1H3.